The lowest BCUT2D eigenvalue weighted by atomic mass is 9.97. The summed E-state index contributed by atoms with van der Waals surface area (Å²) in [7, 11) is 1.38. The molecule has 1 unspecified atom stereocenters. The van der Waals surface area contributed by atoms with Crippen LogP contribution in [-0.4, -0.2) is 17.6 Å². The highest BCUT2D eigenvalue weighted by atomic mass is 16.5. The van der Waals surface area contributed by atoms with Gasteiger partial charge in [-0.2, -0.15) is 0 Å². The molecular weight excluding hydrogens is 274 g/mol. The summed E-state index contributed by atoms with van der Waals surface area (Å²) in [5.74, 6) is -0.396. The van der Waals surface area contributed by atoms with E-state index in [0.29, 0.717) is 5.57 Å². The number of benzene rings is 2. The summed E-state index contributed by atoms with van der Waals surface area (Å²) in [6, 6.07) is 17.9. The Bertz CT molecular complexity index is 818. The van der Waals surface area contributed by atoms with Crippen LogP contribution in [-0.2, 0) is 9.53 Å². The van der Waals surface area contributed by atoms with Crippen LogP contribution < -0.4 is 0 Å². The average molecular weight is 291 g/mol. The summed E-state index contributed by atoms with van der Waals surface area (Å²) in [5.41, 5.74) is 1.42. The summed E-state index contributed by atoms with van der Waals surface area (Å²) in [5, 5.41) is 2.30. The quantitative estimate of drug-likeness (QED) is 0.538. The molecule has 0 saturated heterocycles. The van der Waals surface area contributed by atoms with Crippen LogP contribution in [0.5, 0.6) is 0 Å². The second-order valence-corrected chi connectivity index (χ2v) is 5.16. The molecule has 0 aliphatic heterocycles. The van der Waals surface area contributed by atoms with Crippen LogP contribution in [0.1, 0.15) is 11.6 Å². The maximum atomic E-state index is 12.0. The molecule has 0 bridgehead atoms. The number of hydrogen-bond acceptors (Lipinski definition) is 2. The Morgan fingerprint density at radius 2 is 1.73 bits per heavy atom. The van der Waals surface area contributed by atoms with Gasteiger partial charge in [-0.3, -0.25) is 0 Å². The zero-order valence-electron chi connectivity index (χ0n) is 12.4. The largest absolute Gasteiger partial charge is 0.466 e. The van der Waals surface area contributed by atoms with Gasteiger partial charge in [0.1, 0.15) is 0 Å². The minimum atomic E-state index is -0.396. The molecular formula is C19H17NO2. The highest BCUT2D eigenvalue weighted by Crippen LogP contribution is 2.29. The summed E-state index contributed by atoms with van der Waals surface area (Å²) in [6.45, 7) is 3.94. The number of nitrogens with zero attached hydrogens (tertiary/aromatic N) is 1. The third-order valence-corrected chi connectivity index (χ3v) is 3.79. The van der Waals surface area contributed by atoms with Crippen molar-refractivity contribution in [2.24, 2.45) is 0 Å². The first kappa shape index (κ1) is 14.1. The van der Waals surface area contributed by atoms with Crippen molar-refractivity contribution >= 4 is 16.7 Å². The van der Waals surface area contributed by atoms with E-state index in [-0.39, 0.29) is 6.04 Å². The third kappa shape index (κ3) is 2.53. The Kier molecular flexibility index (Phi) is 3.79. The zero-order chi connectivity index (χ0) is 15.5. The Morgan fingerprint density at radius 1 is 1.05 bits per heavy atom. The molecule has 0 radical (unpaired) electrons. The van der Waals surface area contributed by atoms with Crippen LogP contribution in [0.4, 0.5) is 0 Å². The molecule has 0 aliphatic rings. The van der Waals surface area contributed by atoms with Gasteiger partial charge in [-0.15, -0.1) is 0 Å². The van der Waals surface area contributed by atoms with Gasteiger partial charge >= 0.3 is 5.97 Å². The van der Waals surface area contributed by atoms with Crippen LogP contribution in [0.15, 0.2) is 79.1 Å². The molecule has 1 heterocycles. The van der Waals surface area contributed by atoms with E-state index in [4.69, 9.17) is 4.74 Å². The number of carbonyl (C=O) groups excluding carboxylic acids is 1. The molecule has 1 aromatic heterocycles. The summed E-state index contributed by atoms with van der Waals surface area (Å²) in [6.07, 6.45) is 3.85. The van der Waals surface area contributed by atoms with E-state index >= 15 is 0 Å². The monoisotopic (exact) mass is 291 g/mol. The Morgan fingerprint density at radius 3 is 2.41 bits per heavy atom. The molecule has 1 atom stereocenters. The Hall–Kier alpha value is -2.81. The van der Waals surface area contributed by atoms with Crippen molar-refractivity contribution in [2.75, 3.05) is 7.11 Å². The number of rotatable bonds is 4. The first-order valence-corrected chi connectivity index (χ1v) is 7.09. The Labute approximate surface area is 129 Å². The lowest BCUT2D eigenvalue weighted by molar-refractivity contribution is -0.136. The molecule has 0 N–H and O–H groups in total. The standard InChI is InChI=1S/C19H17NO2/c1-14(19(21)22-2)18(20-11-5-6-12-20)17-10-9-15-7-3-4-8-16(15)13-17/h3-13,18H,1H2,2H3. The number of methoxy groups -OCH3 is 1. The molecule has 3 rings (SSSR count). The second-order valence-electron chi connectivity index (χ2n) is 5.16. The smallest absolute Gasteiger partial charge is 0.335 e. The molecule has 0 amide bonds. The van der Waals surface area contributed by atoms with Gasteiger partial charge in [0.15, 0.2) is 0 Å². The average Bonchev–Trinajstić information content (AvgIpc) is 3.08. The minimum absolute atomic E-state index is 0.271. The lowest BCUT2D eigenvalue weighted by Crippen LogP contribution is -2.18. The molecule has 3 aromatic rings. The van der Waals surface area contributed by atoms with Gasteiger partial charge in [0.2, 0.25) is 0 Å². The van der Waals surface area contributed by atoms with Crippen molar-refractivity contribution < 1.29 is 9.53 Å². The topological polar surface area (TPSA) is 31.2 Å². The van der Waals surface area contributed by atoms with Crippen molar-refractivity contribution in [3.63, 3.8) is 0 Å². The van der Waals surface area contributed by atoms with E-state index in [1.165, 1.54) is 12.5 Å². The predicted molar refractivity (Wildman–Crippen MR) is 87.7 cm³/mol. The van der Waals surface area contributed by atoms with Gasteiger partial charge in [-0.1, -0.05) is 43.0 Å². The van der Waals surface area contributed by atoms with Gasteiger partial charge in [-0.25, -0.2) is 4.79 Å². The molecule has 3 nitrogen and oxygen atoms in total. The fourth-order valence-corrected chi connectivity index (χ4v) is 2.69. The summed E-state index contributed by atoms with van der Waals surface area (Å²) >= 11 is 0. The van der Waals surface area contributed by atoms with E-state index in [1.807, 2.05) is 47.3 Å². The molecule has 0 fully saturated rings. The number of hydrogen-bond donors (Lipinski definition) is 0. The fourth-order valence-electron chi connectivity index (χ4n) is 2.69. The number of fused-ring (bicyclic) bond motifs is 1. The third-order valence-electron chi connectivity index (χ3n) is 3.79. The molecule has 0 saturated carbocycles. The van der Waals surface area contributed by atoms with Crippen LogP contribution in [0.3, 0.4) is 0 Å². The highest BCUT2D eigenvalue weighted by molar-refractivity contribution is 5.90. The van der Waals surface area contributed by atoms with Crippen LogP contribution >= 0.6 is 0 Å². The van der Waals surface area contributed by atoms with Crippen molar-refractivity contribution in [1.29, 1.82) is 0 Å². The van der Waals surface area contributed by atoms with E-state index in [0.717, 1.165) is 10.9 Å². The van der Waals surface area contributed by atoms with E-state index < -0.39 is 5.97 Å². The number of aromatic nitrogens is 1. The molecule has 2 aromatic carbocycles. The van der Waals surface area contributed by atoms with Gasteiger partial charge in [0, 0.05) is 12.4 Å². The molecule has 3 heteroatoms. The first-order valence-electron chi connectivity index (χ1n) is 7.09. The number of esters is 1. The van der Waals surface area contributed by atoms with Crippen LogP contribution in [0, 0.1) is 0 Å². The normalized spacial score (nSPS) is 12.0. The summed E-state index contributed by atoms with van der Waals surface area (Å²) < 4.78 is 6.81. The summed E-state index contributed by atoms with van der Waals surface area (Å²) in [4.78, 5) is 12.0. The van der Waals surface area contributed by atoms with Crippen molar-refractivity contribution in [1.82, 2.24) is 4.57 Å². The SMILES string of the molecule is C=C(C(=O)OC)C(c1ccc2ccccc2c1)n1cccc1. The van der Waals surface area contributed by atoms with Gasteiger partial charge < -0.3 is 9.30 Å². The molecule has 110 valence electrons. The van der Waals surface area contributed by atoms with E-state index in [9.17, 15) is 4.79 Å². The molecule has 0 spiro atoms. The highest BCUT2D eigenvalue weighted by Gasteiger charge is 2.22. The maximum Gasteiger partial charge on any atom is 0.335 e. The van der Waals surface area contributed by atoms with Crippen molar-refractivity contribution in [2.45, 2.75) is 6.04 Å². The van der Waals surface area contributed by atoms with Gasteiger partial charge in [0.05, 0.1) is 18.7 Å². The van der Waals surface area contributed by atoms with Crippen LogP contribution in [0.2, 0.25) is 0 Å². The first-order chi connectivity index (χ1) is 10.7. The fraction of sp³-hybridized carbons (Fsp3) is 0.105. The number of ether oxygens (including phenoxy) is 1. The lowest BCUT2D eigenvalue weighted by Gasteiger charge is -2.21. The minimum Gasteiger partial charge on any atom is -0.466 e. The van der Waals surface area contributed by atoms with Crippen molar-refractivity contribution in [3.05, 3.63) is 84.7 Å². The number of carbonyl (C=O) groups is 1. The van der Waals surface area contributed by atoms with Crippen LogP contribution in [0.25, 0.3) is 10.8 Å². The van der Waals surface area contributed by atoms with Gasteiger partial charge in [-0.05, 0) is 34.5 Å². The maximum absolute atomic E-state index is 12.0. The molecule has 22 heavy (non-hydrogen) atoms. The van der Waals surface area contributed by atoms with Crippen molar-refractivity contribution in [3.8, 4) is 0 Å². The van der Waals surface area contributed by atoms with E-state index in [2.05, 4.69) is 30.8 Å². The van der Waals surface area contributed by atoms with Gasteiger partial charge in [0.25, 0.3) is 0 Å². The Balaban J connectivity index is 2.11. The predicted octanol–water partition coefficient (Wildman–Crippen LogP) is 3.96. The van der Waals surface area contributed by atoms with E-state index in [1.54, 1.807) is 0 Å². The zero-order valence-corrected chi connectivity index (χ0v) is 12.4. The second kappa shape index (κ2) is 5.90. The molecule has 0 aliphatic carbocycles.